The Balaban J connectivity index is 1.83. The molecule has 1 atom stereocenters. The van der Waals surface area contributed by atoms with E-state index in [0.29, 0.717) is 18.2 Å². The van der Waals surface area contributed by atoms with E-state index in [2.05, 4.69) is 15.8 Å². The molecular formula is C17H21N3O4. The highest BCUT2D eigenvalue weighted by molar-refractivity contribution is 5.96. The largest absolute Gasteiger partial charge is 0.494 e. The van der Waals surface area contributed by atoms with Crippen LogP contribution in [0.5, 0.6) is 5.75 Å². The maximum absolute atomic E-state index is 12.0. The molecule has 1 heterocycles. The van der Waals surface area contributed by atoms with Crippen molar-refractivity contribution in [1.82, 2.24) is 10.5 Å². The van der Waals surface area contributed by atoms with Gasteiger partial charge in [-0.1, -0.05) is 17.3 Å². The average Bonchev–Trinajstić information content (AvgIpc) is 2.94. The van der Waals surface area contributed by atoms with Gasteiger partial charge in [-0.2, -0.15) is 0 Å². The van der Waals surface area contributed by atoms with E-state index in [-0.39, 0.29) is 18.2 Å². The third-order valence-corrected chi connectivity index (χ3v) is 3.25. The zero-order chi connectivity index (χ0) is 17.5. The van der Waals surface area contributed by atoms with Crippen molar-refractivity contribution in [1.29, 1.82) is 0 Å². The molecule has 0 fully saturated rings. The van der Waals surface area contributed by atoms with Gasteiger partial charge >= 0.3 is 0 Å². The van der Waals surface area contributed by atoms with E-state index in [0.717, 1.165) is 11.3 Å². The minimum atomic E-state index is -0.683. The van der Waals surface area contributed by atoms with E-state index in [1.165, 1.54) is 0 Å². The molecule has 7 nitrogen and oxygen atoms in total. The van der Waals surface area contributed by atoms with Crippen molar-refractivity contribution in [3.05, 3.63) is 41.7 Å². The lowest BCUT2D eigenvalue weighted by Crippen LogP contribution is -2.42. The van der Waals surface area contributed by atoms with Gasteiger partial charge in [-0.3, -0.25) is 9.59 Å². The number of nitrogens with zero attached hydrogens (tertiary/aromatic N) is 1. The van der Waals surface area contributed by atoms with Gasteiger partial charge in [-0.15, -0.1) is 0 Å². The van der Waals surface area contributed by atoms with Gasteiger partial charge in [-0.05, 0) is 38.5 Å². The first-order valence-corrected chi connectivity index (χ1v) is 7.73. The van der Waals surface area contributed by atoms with Crippen molar-refractivity contribution in [2.75, 3.05) is 11.9 Å². The highest BCUT2D eigenvalue weighted by Gasteiger charge is 2.17. The van der Waals surface area contributed by atoms with Crippen LogP contribution in [0.3, 0.4) is 0 Å². The summed E-state index contributed by atoms with van der Waals surface area (Å²) in [6.45, 7) is 5.84. The fourth-order valence-corrected chi connectivity index (χ4v) is 2.07. The van der Waals surface area contributed by atoms with Gasteiger partial charge < -0.3 is 19.9 Å². The van der Waals surface area contributed by atoms with Crippen LogP contribution in [-0.4, -0.2) is 29.6 Å². The van der Waals surface area contributed by atoms with E-state index in [1.54, 1.807) is 19.9 Å². The van der Waals surface area contributed by atoms with Crippen molar-refractivity contribution in [2.24, 2.45) is 0 Å². The third kappa shape index (κ3) is 5.12. The van der Waals surface area contributed by atoms with Crippen molar-refractivity contribution < 1.29 is 18.8 Å². The van der Waals surface area contributed by atoms with Crippen LogP contribution >= 0.6 is 0 Å². The molecule has 2 aromatic rings. The Bertz CT molecular complexity index is 694. The molecule has 1 aromatic heterocycles. The summed E-state index contributed by atoms with van der Waals surface area (Å²) < 4.78 is 10.2. The SMILES string of the molecule is CCOc1ccc(CC(=O)N[C@H](C)C(=O)Nc2cc(C)on2)cc1. The van der Waals surface area contributed by atoms with Crippen molar-refractivity contribution in [3.63, 3.8) is 0 Å². The number of amides is 2. The Kier molecular flexibility index (Phi) is 5.95. The van der Waals surface area contributed by atoms with Crippen LogP contribution in [-0.2, 0) is 16.0 Å². The standard InChI is InChI=1S/C17H21N3O4/c1-4-23-14-7-5-13(6-8-14)10-16(21)18-12(3)17(22)19-15-9-11(2)24-20-15/h5-9,12H,4,10H2,1-3H3,(H,18,21)(H,19,20,22)/t12-/m1/s1. The van der Waals surface area contributed by atoms with Crippen LogP contribution in [0.15, 0.2) is 34.9 Å². The summed E-state index contributed by atoms with van der Waals surface area (Å²) in [4.78, 5) is 24.0. The van der Waals surface area contributed by atoms with Crippen LogP contribution in [0.4, 0.5) is 5.82 Å². The Labute approximate surface area is 140 Å². The lowest BCUT2D eigenvalue weighted by molar-refractivity contribution is -0.125. The molecule has 0 bridgehead atoms. The Hall–Kier alpha value is -2.83. The van der Waals surface area contributed by atoms with Crippen LogP contribution in [0.1, 0.15) is 25.2 Å². The molecule has 0 aliphatic rings. The molecule has 128 valence electrons. The highest BCUT2D eigenvalue weighted by atomic mass is 16.5. The summed E-state index contributed by atoms with van der Waals surface area (Å²) in [6.07, 6.45) is 0.188. The van der Waals surface area contributed by atoms with Gasteiger partial charge in [0.2, 0.25) is 11.8 Å². The second-order valence-corrected chi connectivity index (χ2v) is 5.35. The summed E-state index contributed by atoms with van der Waals surface area (Å²) >= 11 is 0. The van der Waals surface area contributed by atoms with E-state index in [1.807, 2.05) is 31.2 Å². The van der Waals surface area contributed by atoms with E-state index < -0.39 is 6.04 Å². The minimum Gasteiger partial charge on any atom is -0.494 e. The van der Waals surface area contributed by atoms with E-state index >= 15 is 0 Å². The smallest absolute Gasteiger partial charge is 0.247 e. The fourth-order valence-electron chi connectivity index (χ4n) is 2.07. The number of anilines is 1. The van der Waals surface area contributed by atoms with Gasteiger partial charge in [0.25, 0.3) is 0 Å². The molecule has 0 aliphatic heterocycles. The number of hydrogen-bond donors (Lipinski definition) is 2. The molecule has 0 spiro atoms. The molecule has 0 saturated heterocycles. The predicted molar refractivity (Wildman–Crippen MR) is 88.8 cm³/mol. The van der Waals surface area contributed by atoms with Gasteiger partial charge in [-0.25, -0.2) is 0 Å². The lowest BCUT2D eigenvalue weighted by Gasteiger charge is -2.13. The number of carbonyl (C=O) groups excluding carboxylic acids is 2. The van der Waals surface area contributed by atoms with Gasteiger partial charge in [0.1, 0.15) is 17.6 Å². The predicted octanol–water partition coefficient (Wildman–Crippen LogP) is 2.07. The summed E-state index contributed by atoms with van der Waals surface area (Å²) in [5.74, 6) is 1.08. The first kappa shape index (κ1) is 17.5. The Morgan fingerprint density at radius 1 is 1.29 bits per heavy atom. The normalized spacial score (nSPS) is 11.6. The molecular weight excluding hydrogens is 310 g/mol. The first-order chi connectivity index (χ1) is 11.5. The number of nitrogens with one attached hydrogen (secondary N) is 2. The number of benzene rings is 1. The highest BCUT2D eigenvalue weighted by Crippen LogP contribution is 2.12. The van der Waals surface area contributed by atoms with Crippen molar-refractivity contribution >= 4 is 17.6 Å². The molecule has 1 aromatic carbocycles. The maximum atomic E-state index is 12.0. The maximum Gasteiger partial charge on any atom is 0.247 e. The topological polar surface area (TPSA) is 93.5 Å². The van der Waals surface area contributed by atoms with Crippen LogP contribution < -0.4 is 15.4 Å². The molecule has 2 N–H and O–H groups in total. The number of aryl methyl sites for hydroxylation is 1. The molecule has 0 radical (unpaired) electrons. The number of rotatable bonds is 7. The van der Waals surface area contributed by atoms with Crippen molar-refractivity contribution in [3.8, 4) is 5.75 Å². The fraction of sp³-hybridized carbons (Fsp3) is 0.353. The van der Waals surface area contributed by atoms with Gasteiger partial charge in [0.15, 0.2) is 5.82 Å². The number of hydrogen-bond acceptors (Lipinski definition) is 5. The molecule has 0 saturated carbocycles. The molecule has 2 rings (SSSR count). The van der Waals surface area contributed by atoms with Gasteiger partial charge in [0.05, 0.1) is 13.0 Å². The van der Waals surface area contributed by atoms with Crippen LogP contribution in [0.25, 0.3) is 0 Å². The van der Waals surface area contributed by atoms with E-state index in [4.69, 9.17) is 9.26 Å². The summed E-state index contributed by atoms with van der Waals surface area (Å²) in [7, 11) is 0. The van der Waals surface area contributed by atoms with Crippen LogP contribution in [0.2, 0.25) is 0 Å². The number of ether oxygens (including phenoxy) is 1. The molecule has 7 heteroatoms. The minimum absolute atomic E-state index is 0.188. The molecule has 24 heavy (non-hydrogen) atoms. The third-order valence-electron chi connectivity index (χ3n) is 3.25. The quantitative estimate of drug-likeness (QED) is 0.810. The van der Waals surface area contributed by atoms with Gasteiger partial charge in [0, 0.05) is 6.07 Å². The summed E-state index contributed by atoms with van der Waals surface area (Å²) in [5.41, 5.74) is 0.843. The number of aromatic nitrogens is 1. The van der Waals surface area contributed by atoms with E-state index in [9.17, 15) is 9.59 Å². The second-order valence-electron chi connectivity index (χ2n) is 5.35. The monoisotopic (exact) mass is 331 g/mol. The Morgan fingerprint density at radius 3 is 2.58 bits per heavy atom. The Morgan fingerprint density at radius 2 is 2.00 bits per heavy atom. The molecule has 0 aliphatic carbocycles. The zero-order valence-corrected chi connectivity index (χ0v) is 14.0. The number of carbonyl (C=O) groups is 2. The molecule has 2 amide bonds. The second kappa shape index (κ2) is 8.14. The zero-order valence-electron chi connectivity index (χ0n) is 14.0. The lowest BCUT2D eigenvalue weighted by atomic mass is 10.1. The summed E-state index contributed by atoms with van der Waals surface area (Å²) in [5, 5.41) is 8.91. The average molecular weight is 331 g/mol. The summed E-state index contributed by atoms with van der Waals surface area (Å²) in [6, 6.07) is 8.20. The van der Waals surface area contributed by atoms with Crippen molar-refractivity contribution in [2.45, 2.75) is 33.2 Å². The first-order valence-electron chi connectivity index (χ1n) is 7.73. The van der Waals surface area contributed by atoms with Crippen LogP contribution in [0, 0.1) is 6.92 Å². The molecule has 0 unspecified atom stereocenters.